The SMILES string of the molecule is Cc1cc2ncsc2c(-c2ccc3c4c(ccnc24)CCO3)c1CC(=O)O. The molecule has 1 aliphatic heterocycles. The van der Waals surface area contributed by atoms with Gasteiger partial charge in [0.1, 0.15) is 5.75 Å². The summed E-state index contributed by atoms with van der Waals surface area (Å²) in [6.07, 6.45) is 2.64. The summed E-state index contributed by atoms with van der Waals surface area (Å²) in [6.45, 7) is 2.61. The predicted octanol–water partition coefficient (Wildman–Crippen LogP) is 4.38. The Hall–Kier alpha value is -2.99. The first-order chi connectivity index (χ1) is 13.1. The van der Waals surface area contributed by atoms with Gasteiger partial charge < -0.3 is 9.84 Å². The van der Waals surface area contributed by atoms with Gasteiger partial charge in [-0.05, 0) is 47.9 Å². The van der Waals surface area contributed by atoms with E-state index in [1.54, 1.807) is 5.51 Å². The molecule has 0 aliphatic carbocycles. The maximum absolute atomic E-state index is 11.6. The average molecular weight is 376 g/mol. The number of aromatic nitrogens is 2. The molecule has 2 aromatic heterocycles. The normalized spacial score (nSPS) is 13.1. The Bertz CT molecular complexity index is 1220. The van der Waals surface area contributed by atoms with E-state index in [1.165, 1.54) is 16.9 Å². The molecule has 27 heavy (non-hydrogen) atoms. The molecule has 0 amide bonds. The number of aryl methyl sites for hydroxylation is 1. The minimum absolute atomic E-state index is 0.0333. The molecule has 0 bridgehead atoms. The van der Waals surface area contributed by atoms with Gasteiger partial charge in [-0.1, -0.05) is 0 Å². The Kier molecular flexibility index (Phi) is 3.62. The van der Waals surface area contributed by atoms with Crippen molar-refractivity contribution >= 4 is 38.4 Å². The van der Waals surface area contributed by atoms with Crippen LogP contribution in [-0.4, -0.2) is 27.7 Å². The minimum atomic E-state index is -0.845. The molecule has 1 N–H and O–H groups in total. The second-order valence-corrected chi connectivity index (χ2v) is 7.58. The first-order valence-electron chi connectivity index (χ1n) is 8.74. The Balaban J connectivity index is 1.91. The van der Waals surface area contributed by atoms with Gasteiger partial charge in [-0.3, -0.25) is 9.78 Å². The van der Waals surface area contributed by atoms with Crippen LogP contribution in [0.2, 0.25) is 0 Å². The summed E-state index contributed by atoms with van der Waals surface area (Å²) in [6, 6.07) is 7.98. The maximum Gasteiger partial charge on any atom is 0.307 e. The molecule has 2 aromatic carbocycles. The van der Waals surface area contributed by atoms with Gasteiger partial charge >= 0.3 is 5.97 Å². The summed E-state index contributed by atoms with van der Waals surface area (Å²) in [5.74, 6) is -0.00155. The quantitative estimate of drug-likeness (QED) is 0.574. The van der Waals surface area contributed by atoms with Crippen molar-refractivity contribution in [2.75, 3.05) is 6.61 Å². The summed E-state index contributed by atoms with van der Waals surface area (Å²) in [5.41, 5.74) is 8.39. The van der Waals surface area contributed by atoms with Crippen molar-refractivity contribution in [3.63, 3.8) is 0 Å². The number of carboxylic acid groups (broad SMARTS) is 1. The topological polar surface area (TPSA) is 72.3 Å². The van der Waals surface area contributed by atoms with Gasteiger partial charge in [0, 0.05) is 29.1 Å². The van der Waals surface area contributed by atoms with Crippen LogP contribution >= 0.6 is 11.3 Å². The molecule has 6 heteroatoms. The number of benzene rings is 2. The van der Waals surface area contributed by atoms with Gasteiger partial charge in [0.15, 0.2) is 0 Å². The molecule has 0 fully saturated rings. The number of carbonyl (C=O) groups is 1. The molecule has 0 saturated heterocycles. The lowest BCUT2D eigenvalue weighted by Crippen LogP contribution is -2.09. The number of pyridine rings is 1. The Morgan fingerprint density at radius 1 is 1.30 bits per heavy atom. The summed E-state index contributed by atoms with van der Waals surface area (Å²) in [5, 5.41) is 10.5. The highest BCUT2D eigenvalue weighted by Crippen LogP contribution is 2.43. The van der Waals surface area contributed by atoms with Crippen LogP contribution in [0, 0.1) is 6.92 Å². The minimum Gasteiger partial charge on any atom is -0.493 e. The van der Waals surface area contributed by atoms with Gasteiger partial charge in [-0.2, -0.15) is 0 Å². The number of thiazole rings is 1. The fourth-order valence-electron chi connectivity index (χ4n) is 3.94. The smallest absolute Gasteiger partial charge is 0.307 e. The number of fused-ring (bicyclic) bond motifs is 1. The van der Waals surface area contributed by atoms with Crippen molar-refractivity contribution < 1.29 is 14.6 Å². The zero-order valence-electron chi connectivity index (χ0n) is 14.7. The van der Waals surface area contributed by atoms with Crippen LogP contribution in [0.25, 0.3) is 32.2 Å². The van der Waals surface area contributed by atoms with E-state index >= 15 is 0 Å². The molecule has 5 nitrogen and oxygen atoms in total. The third kappa shape index (κ3) is 2.48. The molecule has 4 aromatic rings. The molecule has 0 unspecified atom stereocenters. The van der Waals surface area contributed by atoms with E-state index < -0.39 is 5.97 Å². The first-order valence-corrected chi connectivity index (χ1v) is 9.62. The van der Waals surface area contributed by atoms with E-state index in [0.29, 0.717) is 6.61 Å². The molecule has 0 atom stereocenters. The highest BCUT2D eigenvalue weighted by Gasteiger charge is 2.22. The number of aliphatic carboxylic acids is 1. The van der Waals surface area contributed by atoms with Gasteiger partial charge in [0.2, 0.25) is 0 Å². The van der Waals surface area contributed by atoms with E-state index in [-0.39, 0.29) is 6.42 Å². The van der Waals surface area contributed by atoms with Crippen molar-refractivity contribution in [2.45, 2.75) is 19.8 Å². The summed E-state index contributed by atoms with van der Waals surface area (Å²) in [4.78, 5) is 20.7. The van der Waals surface area contributed by atoms with Crippen molar-refractivity contribution in [1.82, 2.24) is 9.97 Å². The molecule has 134 valence electrons. The lowest BCUT2D eigenvalue weighted by Gasteiger charge is -2.21. The zero-order chi connectivity index (χ0) is 18.5. The van der Waals surface area contributed by atoms with Crippen LogP contribution in [0.4, 0.5) is 0 Å². The number of nitrogens with zero attached hydrogens (tertiary/aromatic N) is 2. The largest absolute Gasteiger partial charge is 0.493 e. The van der Waals surface area contributed by atoms with Crippen molar-refractivity contribution in [3.8, 4) is 16.9 Å². The van der Waals surface area contributed by atoms with E-state index in [0.717, 1.165) is 55.5 Å². The number of rotatable bonds is 3. The van der Waals surface area contributed by atoms with Crippen molar-refractivity contribution in [2.24, 2.45) is 0 Å². The van der Waals surface area contributed by atoms with E-state index in [1.807, 2.05) is 37.4 Å². The molecule has 0 saturated carbocycles. The number of carboxylic acids is 1. The van der Waals surface area contributed by atoms with Gasteiger partial charge in [-0.25, -0.2) is 4.98 Å². The van der Waals surface area contributed by atoms with Gasteiger partial charge in [-0.15, -0.1) is 11.3 Å². The Morgan fingerprint density at radius 3 is 3.04 bits per heavy atom. The second-order valence-electron chi connectivity index (χ2n) is 6.72. The van der Waals surface area contributed by atoms with Crippen LogP contribution in [0.1, 0.15) is 16.7 Å². The molecule has 5 rings (SSSR count). The van der Waals surface area contributed by atoms with Crippen LogP contribution < -0.4 is 4.74 Å². The third-order valence-corrected chi connectivity index (χ3v) is 5.98. The van der Waals surface area contributed by atoms with Gasteiger partial charge in [0.25, 0.3) is 0 Å². The molecular weight excluding hydrogens is 360 g/mol. The standard InChI is InChI=1S/C21H16N2O3S/c1-11-8-15-21(27-10-23-15)19(14(11)9-17(24)25)13-2-3-16-18-12(5-7-26-16)4-6-22-20(13)18/h2-4,6,8,10H,5,7,9H2,1H3,(H,24,25). The van der Waals surface area contributed by atoms with Crippen LogP contribution in [0.15, 0.2) is 36.0 Å². The Labute approximate surface area is 159 Å². The van der Waals surface area contributed by atoms with Gasteiger partial charge in [0.05, 0.1) is 34.3 Å². The van der Waals surface area contributed by atoms with Crippen LogP contribution in [0.3, 0.4) is 0 Å². The lowest BCUT2D eigenvalue weighted by molar-refractivity contribution is -0.136. The van der Waals surface area contributed by atoms with Crippen molar-refractivity contribution in [3.05, 3.63) is 52.7 Å². The average Bonchev–Trinajstić information content (AvgIpc) is 3.11. The maximum atomic E-state index is 11.6. The highest BCUT2D eigenvalue weighted by atomic mass is 32.1. The number of ether oxygens (including phenoxy) is 1. The fourth-order valence-corrected chi connectivity index (χ4v) is 4.79. The second kappa shape index (κ2) is 6.03. The molecule has 0 spiro atoms. The highest BCUT2D eigenvalue weighted by molar-refractivity contribution is 7.17. The molecule has 1 aliphatic rings. The Morgan fingerprint density at radius 2 is 2.19 bits per heavy atom. The van der Waals surface area contributed by atoms with Crippen LogP contribution in [-0.2, 0) is 17.6 Å². The summed E-state index contributed by atoms with van der Waals surface area (Å²) in [7, 11) is 0. The summed E-state index contributed by atoms with van der Waals surface area (Å²) >= 11 is 1.53. The zero-order valence-corrected chi connectivity index (χ0v) is 15.5. The lowest BCUT2D eigenvalue weighted by atomic mass is 9.90. The first kappa shape index (κ1) is 16.2. The number of hydrogen-bond donors (Lipinski definition) is 1. The molecule has 3 heterocycles. The molecule has 0 radical (unpaired) electrons. The fraction of sp³-hybridized carbons (Fsp3) is 0.190. The molecular formula is C21H16N2O3S. The summed E-state index contributed by atoms with van der Waals surface area (Å²) < 4.78 is 6.83. The third-order valence-electron chi connectivity index (χ3n) is 5.12. The van der Waals surface area contributed by atoms with Crippen LogP contribution in [0.5, 0.6) is 5.75 Å². The predicted molar refractivity (Wildman–Crippen MR) is 106 cm³/mol. The van der Waals surface area contributed by atoms with E-state index in [9.17, 15) is 9.90 Å². The van der Waals surface area contributed by atoms with E-state index in [2.05, 4.69) is 9.97 Å². The number of hydrogen-bond acceptors (Lipinski definition) is 5. The van der Waals surface area contributed by atoms with E-state index in [4.69, 9.17) is 4.74 Å². The van der Waals surface area contributed by atoms with Crippen molar-refractivity contribution in [1.29, 1.82) is 0 Å². The monoisotopic (exact) mass is 376 g/mol.